The summed E-state index contributed by atoms with van der Waals surface area (Å²) in [6.45, 7) is 10.0. The van der Waals surface area contributed by atoms with Crippen molar-refractivity contribution in [3.8, 4) is 0 Å². The van der Waals surface area contributed by atoms with E-state index < -0.39 is 6.10 Å². The first kappa shape index (κ1) is 17.9. The molecule has 0 amide bonds. The Bertz CT molecular complexity index is 245. The van der Waals surface area contributed by atoms with E-state index in [2.05, 4.69) is 33.0 Å². The molecule has 0 aliphatic heterocycles. The van der Waals surface area contributed by atoms with Gasteiger partial charge in [0, 0.05) is 12.1 Å². The van der Waals surface area contributed by atoms with Gasteiger partial charge in [0.25, 0.3) is 0 Å². The highest BCUT2D eigenvalue weighted by molar-refractivity contribution is 4.84. The van der Waals surface area contributed by atoms with Crippen molar-refractivity contribution in [2.75, 3.05) is 13.2 Å². The van der Waals surface area contributed by atoms with Crippen molar-refractivity contribution in [2.24, 2.45) is 5.92 Å². The summed E-state index contributed by atoms with van der Waals surface area (Å²) in [4.78, 5) is 0. The van der Waals surface area contributed by atoms with Gasteiger partial charge in [-0.1, -0.05) is 40.5 Å². The Morgan fingerprint density at radius 3 is 2.30 bits per heavy atom. The fourth-order valence-electron chi connectivity index (χ4n) is 3.28. The Hall–Kier alpha value is -0.120. The number of rotatable bonds is 9. The average Bonchev–Trinajstić information content (AvgIpc) is 2.48. The highest BCUT2D eigenvalue weighted by Gasteiger charge is 2.25. The fourth-order valence-corrected chi connectivity index (χ4v) is 3.28. The molecule has 0 heterocycles. The molecule has 0 saturated heterocycles. The maximum atomic E-state index is 10.1. The maximum absolute atomic E-state index is 10.1. The zero-order chi connectivity index (χ0) is 15.0. The number of hydrogen-bond acceptors (Lipinski definition) is 3. The normalized spacial score (nSPS) is 25.6. The van der Waals surface area contributed by atoms with E-state index in [-0.39, 0.29) is 5.54 Å². The standard InChI is InChI=1S/C17H35NO2/c1-5-17(6-2,7-3)18-12-15(19)13-20-16-11-9-8-10-14(16)4/h14-16,18-19H,5-13H2,1-4H3. The van der Waals surface area contributed by atoms with Crippen molar-refractivity contribution < 1.29 is 9.84 Å². The first-order valence-corrected chi connectivity index (χ1v) is 8.61. The second-order valence-corrected chi connectivity index (χ2v) is 6.51. The van der Waals surface area contributed by atoms with E-state index in [0.717, 1.165) is 25.7 Å². The number of hydrogen-bond donors (Lipinski definition) is 2. The highest BCUT2D eigenvalue weighted by Crippen LogP contribution is 2.26. The van der Waals surface area contributed by atoms with E-state index in [4.69, 9.17) is 4.74 Å². The number of aliphatic hydroxyl groups excluding tert-OH is 1. The van der Waals surface area contributed by atoms with Crippen molar-refractivity contribution in [2.45, 2.75) is 90.4 Å². The topological polar surface area (TPSA) is 41.5 Å². The van der Waals surface area contributed by atoms with Gasteiger partial charge in [-0.2, -0.15) is 0 Å². The molecule has 3 atom stereocenters. The molecule has 0 aromatic carbocycles. The van der Waals surface area contributed by atoms with Crippen LogP contribution in [0, 0.1) is 5.92 Å². The molecular weight excluding hydrogens is 250 g/mol. The molecular formula is C17H35NO2. The predicted octanol–water partition coefficient (Wildman–Crippen LogP) is 3.50. The number of aliphatic hydroxyl groups is 1. The van der Waals surface area contributed by atoms with E-state index in [1.807, 2.05) is 0 Å². The third-order valence-corrected chi connectivity index (χ3v) is 5.28. The van der Waals surface area contributed by atoms with Crippen molar-refractivity contribution in [1.82, 2.24) is 5.32 Å². The lowest BCUT2D eigenvalue weighted by Crippen LogP contribution is -2.48. The summed E-state index contributed by atoms with van der Waals surface area (Å²) < 4.78 is 5.93. The molecule has 120 valence electrons. The van der Waals surface area contributed by atoms with Gasteiger partial charge >= 0.3 is 0 Å². The Balaban J connectivity index is 2.27. The first-order chi connectivity index (χ1) is 9.56. The molecule has 3 unspecified atom stereocenters. The quantitative estimate of drug-likeness (QED) is 0.681. The van der Waals surface area contributed by atoms with Crippen molar-refractivity contribution >= 4 is 0 Å². The van der Waals surface area contributed by atoms with Crippen LogP contribution in [-0.2, 0) is 4.74 Å². The molecule has 2 N–H and O–H groups in total. The minimum atomic E-state index is -0.395. The van der Waals surface area contributed by atoms with Gasteiger partial charge < -0.3 is 15.2 Å². The van der Waals surface area contributed by atoms with E-state index in [1.54, 1.807) is 0 Å². The van der Waals surface area contributed by atoms with Crippen molar-refractivity contribution in [3.63, 3.8) is 0 Å². The van der Waals surface area contributed by atoms with E-state index >= 15 is 0 Å². The molecule has 0 radical (unpaired) electrons. The average molecular weight is 285 g/mol. The second kappa shape index (κ2) is 9.01. The number of β-amino-alcohol motifs (C(OH)–C–C–N with tert-alkyl or cyclic N) is 1. The van der Waals surface area contributed by atoms with Crippen LogP contribution in [-0.4, -0.2) is 36.0 Å². The monoisotopic (exact) mass is 285 g/mol. The maximum Gasteiger partial charge on any atom is 0.0898 e. The third-order valence-electron chi connectivity index (χ3n) is 5.28. The molecule has 3 nitrogen and oxygen atoms in total. The van der Waals surface area contributed by atoms with Gasteiger partial charge in [0.2, 0.25) is 0 Å². The van der Waals surface area contributed by atoms with Crippen LogP contribution in [0.15, 0.2) is 0 Å². The molecule has 1 fully saturated rings. The Morgan fingerprint density at radius 2 is 1.75 bits per heavy atom. The van der Waals surface area contributed by atoms with E-state index in [0.29, 0.717) is 25.2 Å². The molecule has 1 aliphatic rings. The minimum Gasteiger partial charge on any atom is -0.389 e. The lowest BCUT2D eigenvalue weighted by Gasteiger charge is -2.34. The summed E-state index contributed by atoms with van der Waals surface area (Å²) in [6, 6.07) is 0. The van der Waals surface area contributed by atoms with Gasteiger partial charge in [-0.3, -0.25) is 0 Å². The number of nitrogens with one attached hydrogen (secondary N) is 1. The molecule has 3 heteroatoms. The zero-order valence-electron chi connectivity index (χ0n) is 14.0. The smallest absolute Gasteiger partial charge is 0.0898 e. The Labute approximate surface area is 125 Å². The first-order valence-electron chi connectivity index (χ1n) is 8.61. The number of ether oxygens (including phenoxy) is 1. The van der Waals surface area contributed by atoms with Crippen LogP contribution in [0.1, 0.15) is 72.6 Å². The van der Waals surface area contributed by atoms with Crippen LogP contribution >= 0.6 is 0 Å². The SMILES string of the molecule is CCC(CC)(CC)NCC(O)COC1CCCCC1C. The Kier molecular flexibility index (Phi) is 8.08. The van der Waals surface area contributed by atoms with Crippen LogP contribution in [0.3, 0.4) is 0 Å². The third kappa shape index (κ3) is 5.34. The summed E-state index contributed by atoms with van der Waals surface area (Å²) in [5.74, 6) is 0.643. The van der Waals surface area contributed by atoms with Gasteiger partial charge in [0.05, 0.1) is 18.8 Å². The van der Waals surface area contributed by atoms with Gasteiger partial charge in [-0.25, -0.2) is 0 Å². The Morgan fingerprint density at radius 1 is 1.15 bits per heavy atom. The lowest BCUT2D eigenvalue weighted by atomic mass is 9.88. The van der Waals surface area contributed by atoms with E-state index in [9.17, 15) is 5.11 Å². The van der Waals surface area contributed by atoms with Crippen LogP contribution < -0.4 is 5.32 Å². The molecule has 0 aromatic rings. The van der Waals surface area contributed by atoms with Gasteiger partial charge in [-0.15, -0.1) is 0 Å². The lowest BCUT2D eigenvalue weighted by molar-refractivity contribution is -0.0468. The van der Waals surface area contributed by atoms with Gasteiger partial charge in [0.1, 0.15) is 0 Å². The molecule has 1 rings (SSSR count). The second-order valence-electron chi connectivity index (χ2n) is 6.51. The summed E-state index contributed by atoms with van der Waals surface area (Å²) in [5, 5.41) is 13.7. The molecule has 0 spiro atoms. The largest absolute Gasteiger partial charge is 0.389 e. The fraction of sp³-hybridized carbons (Fsp3) is 1.00. The van der Waals surface area contributed by atoms with Gasteiger partial charge in [-0.05, 0) is 38.0 Å². The van der Waals surface area contributed by atoms with Crippen molar-refractivity contribution in [3.05, 3.63) is 0 Å². The van der Waals surface area contributed by atoms with Crippen LogP contribution in [0.4, 0.5) is 0 Å². The summed E-state index contributed by atoms with van der Waals surface area (Å²) in [7, 11) is 0. The summed E-state index contributed by atoms with van der Waals surface area (Å²) >= 11 is 0. The zero-order valence-corrected chi connectivity index (χ0v) is 14.0. The van der Waals surface area contributed by atoms with E-state index in [1.165, 1.54) is 19.3 Å². The molecule has 20 heavy (non-hydrogen) atoms. The molecule has 1 aliphatic carbocycles. The minimum absolute atomic E-state index is 0.180. The molecule has 0 aromatic heterocycles. The predicted molar refractivity (Wildman–Crippen MR) is 85.0 cm³/mol. The molecule has 1 saturated carbocycles. The van der Waals surface area contributed by atoms with Gasteiger partial charge in [0.15, 0.2) is 0 Å². The van der Waals surface area contributed by atoms with Crippen LogP contribution in [0.2, 0.25) is 0 Å². The van der Waals surface area contributed by atoms with Crippen LogP contribution in [0.5, 0.6) is 0 Å². The summed E-state index contributed by atoms with van der Waals surface area (Å²) in [5.41, 5.74) is 0.180. The summed E-state index contributed by atoms with van der Waals surface area (Å²) in [6.07, 6.45) is 8.30. The van der Waals surface area contributed by atoms with Crippen LogP contribution in [0.25, 0.3) is 0 Å². The highest BCUT2D eigenvalue weighted by atomic mass is 16.5. The molecule has 0 bridgehead atoms. The van der Waals surface area contributed by atoms with Crippen molar-refractivity contribution in [1.29, 1.82) is 0 Å².